The second-order valence-corrected chi connectivity index (χ2v) is 3.46. The quantitative estimate of drug-likeness (QED) is 0.665. The summed E-state index contributed by atoms with van der Waals surface area (Å²) in [7, 11) is 1.77. The van der Waals surface area contributed by atoms with E-state index < -0.39 is 5.60 Å². The number of aliphatic hydroxyl groups is 1. The number of hydrogen-bond donors (Lipinski definition) is 1. The van der Waals surface area contributed by atoms with Crippen LogP contribution in [0.15, 0.2) is 6.20 Å². The van der Waals surface area contributed by atoms with Crippen LogP contribution in [0, 0.1) is 0 Å². The topological polar surface area (TPSA) is 50.9 Å². The summed E-state index contributed by atoms with van der Waals surface area (Å²) in [5.74, 6) is 0. The molecule has 0 spiro atoms. The molecule has 0 aromatic carbocycles. The summed E-state index contributed by atoms with van der Waals surface area (Å²) in [5, 5.41) is 18.1. The highest BCUT2D eigenvalue weighted by Crippen LogP contribution is 2.36. The standard InChI is InChI=1S/C8H13N3O/c1-11-9-6-7(10-11)8(12)4-2-3-5-8/h6,12H,2-5H2,1H3. The SMILES string of the molecule is Cn1ncc(C2(O)CCCC2)n1. The maximum atomic E-state index is 10.1. The Bertz CT molecular complexity index is 276. The lowest BCUT2D eigenvalue weighted by Crippen LogP contribution is -2.21. The lowest BCUT2D eigenvalue weighted by atomic mass is 9.99. The van der Waals surface area contributed by atoms with E-state index in [0.717, 1.165) is 31.4 Å². The molecule has 0 atom stereocenters. The van der Waals surface area contributed by atoms with Crippen LogP contribution in [-0.4, -0.2) is 20.1 Å². The maximum absolute atomic E-state index is 10.1. The van der Waals surface area contributed by atoms with Crippen LogP contribution >= 0.6 is 0 Å². The van der Waals surface area contributed by atoms with Gasteiger partial charge in [-0.1, -0.05) is 12.8 Å². The minimum absolute atomic E-state index is 0.686. The van der Waals surface area contributed by atoms with Crippen LogP contribution in [-0.2, 0) is 12.6 Å². The third kappa shape index (κ3) is 1.12. The molecule has 1 saturated carbocycles. The first-order chi connectivity index (χ1) is 5.71. The molecule has 1 heterocycles. The van der Waals surface area contributed by atoms with E-state index in [4.69, 9.17) is 0 Å². The summed E-state index contributed by atoms with van der Waals surface area (Å²) in [6, 6.07) is 0. The Hall–Kier alpha value is -0.900. The second-order valence-electron chi connectivity index (χ2n) is 3.46. The first kappa shape index (κ1) is 7.73. The molecular weight excluding hydrogens is 154 g/mol. The van der Waals surface area contributed by atoms with Gasteiger partial charge in [0.05, 0.1) is 6.20 Å². The molecule has 0 saturated heterocycles. The fourth-order valence-electron chi connectivity index (χ4n) is 1.78. The van der Waals surface area contributed by atoms with Crippen LogP contribution in [0.2, 0.25) is 0 Å². The molecule has 66 valence electrons. The first-order valence-corrected chi connectivity index (χ1v) is 4.30. The third-order valence-corrected chi connectivity index (χ3v) is 2.51. The van der Waals surface area contributed by atoms with Crippen LogP contribution < -0.4 is 0 Å². The zero-order valence-electron chi connectivity index (χ0n) is 7.19. The van der Waals surface area contributed by atoms with E-state index in [1.807, 2.05) is 0 Å². The fourth-order valence-corrected chi connectivity index (χ4v) is 1.78. The Labute approximate surface area is 71.2 Å². The fraction of sp³-hybridized carbons (Fsp3) is 0.750. The van der Waals surface area contributed by atoms with E-state index >= 15 is 0 Å². The van der Waals surface area contributed by atoms with Gasteiger partial charge in [-0.25, -0.2) is 0 Å². The Morgan fingerprint density at radius 2 is 2.17 bits per heavy atom. The van der Waals surface area contributed by atoms with E-state index in [1.54, 1.807) is 13.2 Å². The van der Waals surface area contributed by atoms with Gasteiger partial charge in [0.25, 0.3) is 0 Å². The van der Waals surface area contributed by atoms with Crippen molar-refractivity contribution in [3.63, 3.8) is 0 Å². The van der Waals surface area contributed by atoms with E-state index in [9.17, 15) is 5.11 Å². The molecule has 1 aliphatic rings. The van der Waals surface area contributed by atoms with Crippen molar-refractivity contribution in [2.24, 2.45) is 7.05 Å². The predicted molar refractivity (Wildman–Crippen MR) is 43.4 cm³/mol. The molecule has 4 nitrogen and oxygen atoms in total. The Kier molecular flexibility index (Phi) is 1.65. The predicted octanol–water partition coefficient (Wildman–Crippen LogP) is 0.577. The minimum Gasteiger partial charge on any atom is -0.383 e. The zero-order chi connectivity index (χ0) is 8.60. The molecule has 0 amide bonds. The summed E-state index contributed by atoms with van der Waals surface area (Å²) in [6.45, 7) is 0. The van der Waals surface area contributed by atoms with Crippen molar-refractivity contribution < 1.29 is 5.11 Å². The molecule has 2 rings (SSSR count). The molecule has 0 aliphatic heterocycles. The minimum atomic E-state index is -0.686. The van der Waals surface area contributed by atoms with Gasteiger partial charge in [0.2, 0.25) is 0 Å². The molecule has 0 unspecified atom stereocenters. The third-order valence-electron chi connectivity index (χ3n) is 2.51. The number of aryl methyl sites for hydroxylation is 1. The molecule has 1 fully saturated rings. The Balaban J connectivity index is 2.28. The molecule has 1 aliphatic carbocycles. The summed E-state index contributed by atoms with van der Waals surface area (Å²) in [6.07, 6.45) is 5.49. The highest BCUT2D eigenvalue weighted by molar-refractivity contribution is 5.08. The lowest BCUT2D eigenvalue weighted by Gasteiger charge is -2.17. The lowest BCUT2D eigenvalue weighted by molar-refractivity contribution is 0.0394. The van der Waals surface area contributed by atoms with Crippen molar-refractivity contribution in [1.29, 1.82) is 0 Å². The highest BCUT2D eigenvalue weighted by atomic mass is 16.3. The van der Waals surface area contributed by atoms with Crippen molar-refractivity contribution in [1.82, 2.24) is 15.0 Å². The van der Waals surface area contributed by atoms with Crippen molar-refractivity contribution in [3.8, 4) is 0 Å². The normalized spacial score (nSPS) is 21.5. The largest absolute Gasteiger partial charge is 0.383 e. The molecule has 0 radical (unpaired) electrons. The van der Waals surface area contributed by atoms with Crippen LogP contribution in [0.25, 0.3) is 0 Å². The van der Waals surface area contributed by atoms with E-state index in [2.05, 4.69) is 10.2 Å². The van der Waals surface area contributed by atoms with E-state index in [0.29, 0.717) is 0 Å². The molecule has 1 aromatic heterocycles. The van der Waals surface area contributed by atoms with Gasteiger partial charge in [-0.3, -0.25) is 0 Å². The number of nitrogens with zero attached hydrogens (tertiary/aromatic N) is 3. The van der Waals surface area contributed by atoms with Gasteiger partial charge >= 0.3 is 0 Å². The van der Waals surface area contributed by atoms with Crippen LogP contribution in [0.3, 0.4) is 0 Å². The monoisotopic (exact) mass is 167 g/mol. The average Bonchev–Trinajstić information content (AvgIpc) is 2.59. The summed E-state index contributed by atoms with van der Waals surface area (Å²) >= 11 is 0. The van der Waals surface area contributed by atoms with Gasteiger partial charge in [0.1, 0.15) is 11.3 Å². The summed E-state index contributed by atoms with van der Waals surface area (Å²) < 4.78 is 0. The Morgan fingerprint density at radius 3 is 2.67 bits per heavy atom. The van der Waals surface area contributed by atoms with Gasteiger partial charge in [-0.05, 0) is 12.8 Å². The van der Waals surface area contributed by atoms with Gasteiger partial charge in [-0.15, -0.1) is 0 Å². The summed E-state index contributed by atoms with van der Waals surface area (Å²) in [4.78, 5) is 1.49. The molecule has 1 aromatic rings. The Morgan fingerprint density at radius 1 is 1.50 bits per heavy atom. The number of hydrogen-bond acceptors (Lipinski definition) is 3. The molecule has 1 N–H and O–H groups in total. The number of aromatic nitrogens is 3. The van der Waals surface area contributed by atoms with E-state index in [1.165, 1.54) is 4.80 Å². The highest BCUT2D eigenvalue weighted by Gasteiger charge is 2.35. The van der Waals surface area contributed by atoms with Gasteiger partial charge in [-0.2, -0.15) is 15.0 Å². The van der Waals surface area contributed by atoms with Gasteiger partial charge in [0.15, 0.2) is 0 Å². The van der Waals surface area contributed by atoms with Crippen LogP contribution in [0.5, 0.6) is 0 Å². The van der Waals surface area contributed by atoms with E-state index in [-0.39, 0.29) is 0 Å². The maximum Gasteiger partial charge on any atom is 0.114 e. The molecule has 4 heteroatoms. The smallest absolute Gasteiger partial charge is 0.114 e. The number of rotatable bonds is 1. The van der Waals surface area contributed by atoms with Crippen molar-refractivity contribution in [2.45, 2.75) is 31.3 Å². The van der Waals surface area contributed by atoms with Crippen molar-refractivity contribution in [2.75, 3.05) is 0 Å². The van der Waals surface area contributed by atoms with Crippen molar-refractivity contribution in [3.05, 3.63) is 11.9 Å². The first-order valence-electron chi connectivity index (χ1n) is 4.30. The second kappa shape index (κ2) is 2.55. The average molecular weight is 167 g/mol. The van der Waals surface area contributed by atoms with Gasteiger partial charge in [0, 0.05) is 7.05 Å². The molecular formula is C8H13N3O. The molecule has 12 heavy (non-hydrogen) atoms. The van der Waals surface area contributed by atoms with Gasteiger partial charge < -0.3 is 5.11 Å². The molecule has 0 bridgehead atoms. The van der Waals surface area contributed by atoms with Crippen LogP contribution in [0.4, 0.5) is 0 Å². The van der Waals surface area contributed by atoms with Crippen molar-refractivity contribution >= 4 is 0 Å². The summed E-state index contributed by atoms with van der Waals surface area (Å²) in [5.41, 5.74) is 0.0383. The van der Waals surface area contributed by atoms with Crippen LogP contribution in [0.1, 0.15) is 31.4 Å². The zero-order valence-corrected chi connectivity index (χ0v) is 7.19.